The topological polar surface area (TPSA) is 32.6 Å². The van der Waals surface area contributed by atoms with Gasteiger partial charge in [0.2, 0.25) is 0 Å². The maximum absolute atomic E-state index is 9.79. The summed E-state index contributed by atoms with van der Waals surface area (Å²) in [7, 11) is 0. The fourth-order valence-corrected chi connectivity index (χ4v) is 2.54. The van der Waals surface area contributed by atoms with Gasteiger partial charge in [-0.3, -0.25) is 4.99 Å². The van der Waals surface area contributed by atoms with Crippen molar-refractivity contribution in [3.63, 3.8) is 0 Å². The molecular formula is C17H18BrNO. The summed E-state index contributed by atoms with van der Waals surface area (Å²) in [6.45, 7) is 6.24. The first-order valence-electron chi connectivity index (χ1n) is 6.55. The van der Waals surface area contributed by atoms with E-state index in [0.29, 0.717) is 0 Å². The number of aromatic hydroxyl groups is 1. The van der Waals surface area contributed by atoms with E-state index >= 15 is 0 Å². The fraction of sp³-hybridized carbons (Fsp3) is 0.235. The maximum Gasteiger partial charge on any atom is 0.124 e. The summed E-state index contributed by atoms with van der Waals surface area (Å²) >= 11 is 3.39. The lowest BCUT2D eigenvalue weighted by atomic mass is 10.0. The van der Waals surface area contributed by atoms with E-state index in [1.807, 2.05) is 6.07 Å². The van der Waals surface area contributed by atoms with Gasteiger partial charge in [-0.05, 0) is 44.5 Å². The molecule has 104 valence electrons. The van der Waals surface area contributed by atoms with Crippen molar-refractivity contribution in [2.24, 2.45) is 4.99 Å². The molecule has 2 aromatic rings. The summed E-state index contributed by atoms with van der Waals surface area (Å²) in [5.41, 5.74) is 4.39. The lowest BCUT2D eigenvalue weighted by molar-refractivity contribution is 0.474. The minimum absolute atomic E-state index is 0.0620. The van der Waals surface area contributed by atoms with Crippen LogP contribution in [0.1, 0.15) is 35.2 Å². The Morgan fingerprint density at radius 2 is 1.75 bits per heavy atom. The molecule has 2 aromatic carbocycles. The number of benzene rings is 2. The van der Waals surface area contributed by atoms with Crippen molar-refractivity contribution in [2.45, 2.75) is 26.8 Å². The highest BCUT2D eigenvalue weighted by Gasteiger charge is 2.05. The van der Waals surface area contributed by atoms with Crippen LogP contribution < -0.4 is 0 Å². The summed E-state index contributed by atoms with van der Waals surface area (Å²) in [5, 5.41) is 9.79. The summed E-state index contributed by atoms with van der Waals surface area (Å²) in [6.07, 6.45) is 1.72. The van der Waals surface area contributed by atoms with Gasteiger partial charge in [-0.1, -0.05) is 45.3 Å². The van der Waals surface area contributed by atoms with E-state index in [2.05, 4.69) is 59.9 Å². The molecule has 0 saturated heterocycles. The fourth-order valence-electron chi connectivity index (χ4n) is 2.16. The number of hydrogen-bond acceptors (Lipinski definition) is 2. The molecule has 2 nitrogen and oxygen atoms in total. The van der Waals surface area contributed by atoms with Crippen LogP contribution in [0.25, 0.3) is 0 Å². The predicted octanol–water partition coefficient (Wildman–Crippen LogP) is 4.95. The predicted molar refractivity (Wildman–Crippen MR) is 87.7 cm³/mol. The molecule has 0 fully saturated rings. The maximum atomic E-state index is 9.79. The monoisotopic (exact) mass is 331 g/mol. The van der Waals surface area contributed by atoms with Gasteiger partial charge in [0.25, 0.3) is 0 Å². The molecule has 0 spiro atoms. The third-order valence-electron chi connectivity index (χ3n) is 3.15. The molecule has 0 saturated carbocycles. The molecule has 0 radical (unpaired) electrons. The molecule has 0 heterocycles. The van der Waals surface area contributed by atoms with Crippen LogP contribution in [0.15, 0.2) is 45.9 Å². The summed E-state index contributed by atoms with van der Waals surface area (Å²) in [4.78, 5) is 4.54. The van der Waals surface area contributed by atoms with Crippen molar-refractivity contribution < 1.29 is 5.11 Å². The third kappa shape index (κ3) is 3.70. The normalized spacial score (nSPS) is 12.8. The van der Waals surface area contributed by atoms with Crippen LogP contribution in [-0.4, -0.2) is 11.3 Å². The Kier molecular flexibility index (Phi) is 4.61. The molecule has 0 aliphatic carbocycles. The number of aryl methyl sites for hydroxylation is 2. The van der Waals surface area contributed by atoms with E-state index in [1.165, 1.54) is 16.7 Å². The molecule has 3 heteroatoms. The average Bonchev–Trinajstić information content (AvgIpc) is 2.38. The van der Waals surface area contributed by atoms with E-state index in [4.69, 9.17) is 0 Å². The van der Waals surface area contributed by atoms with E-state index in [0.717, 1.165) is 10.0 Å². The van der Waals surface area contributed by atoms with Gasteiger partial charge in [-0.2, -0.15) is 0 Å². The first-order valence-corrected chi connectivity index (χ1v) is 7.35. The minimum atomic E-state index is 0.0620. The van der Waals surface area contributed by atoms with Crippen molar-refractivity contribution in [3.8, 4) is 5.75 Å². The van der Waals surface area contributed by atoms with E-state index < -0.39 is 0 Å². The van der Waals surface area contributed by atoms with Crippen molar-refractivity contribution in [2.75, 3.05) is 0 Å². The second kappa shape index (κ2) is 6.23. The lowest BCUT2D eigenvalue weighted by Crippen LogP contribution is -1.93. The molecule has 0 aliphatic rings. The summed E-state index contributed by atoms with van der Waals surface area (Å²) < 4.78 is 0.927. The lowest BCUT2D eigenvalue weighted by Gasteiger charge is -2.09. The molecule has 1 unspecified atom stereocenters. The summed E-state index contributed by atoms with van der Waals surface area (Å²) in [5.74, 6) is 0.240. The van der Waals surface area contributed by atoms with E-state index in [-0.39, 0.29) is 11.8 Å². The Hall–Kier alpha value is -1.61. The highest BCUT2D eigenvalue weighted by atomic mass is 79.9. The van der Waals surface area contributed by atoms with Crippen molar-refractivity contribution in [1.82, 2.24) is 0 Å². The molecule has 0 aromatic heterocycles. The summed E-state index contributed by atoms with van der Waals surface area (Å²) in [6, 6.07) is 11.8. The molecule has 0 bridgehead atoms. The number of aliphatic imine (C=N–C) groups is 1. The second-order valence-corrected chi connectivity index (χ2v) is 5.99. The van der Waals surface area contributed by atoms with Crippen LogP contribution in [0.4, 0.5) is 0 Å². The van der Waals surface area contributed by atoms with Crippen LogP contribution in [0.5, 0.6) is 5.75 Å². The quantitative estimate of drug-likeness (QED) is 0.793. The molecule has 0 aliphatic heterocycles. The number of phenols is 1. The number of rotatable bonds is 3. The Labute approximate surface area is 128 Å². The molecule has 2 rings (SSSR count). The van der Waals surface area contributed by atoms with Crippen LogP contribution in [0.3, 0.4) is 0 Å². The Morgan fingerprint density at radius 3 is 2.40 bits per heavy atom. The van der Waals surface area contributed by atoms with Crippen molar-refractivity contribution >= 4 is 22.1 Å². The van der Waals surface area contributed by atoms with Crippen LogP contribution in [0, 0.1) is 13.8 Å². The number of halogens is 1. The van der Waals surface area contributed by atoms with Gasteiger partial charge in [0, 0.05) is 16.3 Å². The van der Waals surface area contributed by atoms with Crippen molar-refractivity contribution in [3.05, 3.63) is 63.1 Å². The van der Waals surface area contributed by atoms with Gasteiger partial charge in [0.1, 0.15) is 5.75 Å². The largest absolute Gasteiger partial charge is 0.507 e. The van der Waals surface area contributed by atoms with Gasteiger partial charge >= 0.3 is 0 Å². The smallest absolute Gasteiger partial charge is 0.124 e. The first-order chi connectivity index (χ1) is 9.45. The molecule has 1 atom stereocenters. The molecular weight excluding hydrogens is 314 g/mol. The van der Waals surface area contributed by atoms with Gasteiger partial charge in [0.15, 0.2) is 0 Å². The molecule has 1 N–H and O–H groups in total. The highest BCUT2D eigenvalue weighted by molar-refractivity contribution is 9.10. The van der Waals surface area contributed by atoms with Gasteiger partial charge in [-0.25, -0.2) is 0 Å². The van der Waals surface area contributed by atoms with Crippen molar-refractivity contribution in [1.29, 1.82) is 0 Å². The zero-order valence-corrected chi connectivity index (χ0v) is 13.5. The van der Waals surface area contributed by atoms with Crippen LogP contribution >= 0.6 is 15.9 Å². The Balaban J connectivity index is 2.24. The third-order valence-corrected chi connectivity index (χ3v) is 3.65. The first kappa shape index (κ1) is 14.8. The van der Waals surface area contributed by atoms with Gasteiger partial charge in [-0.15, -0.1) is 0 Å². The Bertz CT molecular complexity index is 629. The molecule has 20 heavy (non-hydrogen) atoms. The number of hydrogen-bond donors (Lipinski definition) is 1. The van der Waals surface area contributed by atoms with Crippen LogP contribution in [0.2, 0.25) is 0 Å². The average molecular weight is 332 g/mol. The Morgan fingerprint density at radius 1 is 1.10 bits per heavy atom. The zero-order valence-electron chi connectivity index (χ0n) is 11.9. The number of nitrogens with zero attached hydrogens (tertiary/aromatic N) is 1. The van der Waals surface area contributed by atoms with Gasteiger partial charge in [0.05, 0.1) is 6.04 Å². The number of phenolic OH excluding ortho intramolecular Hbond substituents is 1. The highest BCUT2D eigenvalue weighted by Crippen LogP contribution is 2.23. The van der Waals surface area contributed by atoms with E-state index in [1.54, 1.807) is 18.3 Å². The SMILES string of the molecule is Cc1cc(C)cc(C(C)N=Cc2cc(Br)ccc2O)c1. The molecule has 0 amide bonds. The van der Waals surface area contributed by atoms with Gasteiger partial charge < -0.3 is 5.11 Å². The standard InChI is InChI=1S/C17H18BrNO/c1-11-6-12(2)8-14(7-11)13(3)19-10-15-9-16(18)4-5-17(15)20/h4-10,13,20H,1-3H3. The second-order valence-electron chi connectivity index (χ2n) is 5.08. The van der Waals surface area contributed by atoms with Crippen LogP contribution in [-0.2, 0) is 0 Å². The minimum Gasteiger partial charge on any atom is -0.507 e. The van der Waals surface area contributed by atoms with E-state index in [9.17, 15) is 5.11 Å². The zero-order chi connectivity index (χ0) is 14.7.